The molecule has 10 heteroatoms. The Kier molecular flexibility index (Phi) is 7.38. The van der Waals surface area contributed by atoms with Gasteiger partial charge in [-0.15, -0.1) is 11.3 Å². The normalized spacial score (nSPS) is 15.0. The van der Waals surface area contributed by atoms with Crippen LogP contribution in [0.25, 0.3) is 10.9 Å². The maximum atomic E-state index is 13.1. The average Bonchev–Trinajstić information content (AvgIpc) is 3.34. The fourth-order valence-corrected chi connectivity index (χ4v) is 5.18. The van der Waals surface area contributed by atoms with Gasteiger partial charge in [0.2, 0.25) is 0 Å². The minimum absolute atomic E-state index is 0.0206. The Morgan fingerprint density at radius 2 is 1.74 bits per heavy atom. The van der Waals surface area contributed by atoms with Gasteiger partial charge in [-0.1, -0.05) is 0 Å². The Balaban J connectivity index is 1.42. The number of thiophene rings is 1. The monoisotopic (exact) mass is 487 g/mol. The molecule has 4 rings (SSSR count). The summed E-state index contributed by atoms with van der Waals surface area (Å²) >= 11 is 1.33. The van der Waals surface area contributed by atoms with Crippen LogP contribution in [0.5, 0.6) is 0 Å². The molecular weight excluding hydrogens is 461 g/mol. The second kappa shape index (κ2) is 10.4. The van der Waals surface area contributed by atoms with Crippen LogP contribution in [0.15, 0.2) is 44.6 Å². The number of ether oxygens (including phenoxy) is 1. The number of carbonyl (C=O) groups excluding carboxylic acids is 2. The fourth-order valence-electron chi connectivity index (χ4n) is 4.37. The van der Waals surface area contributed by atoms with Gasteiger partial charge in [0.05, 0.1) is 24.4 Å². The van der Waals surface area contributed by atoms with E-state index in [4.69, 9.17) is 0 Å². The lowest BCUT2D eigenvalue weighted by Crippen LogP contribution is -2.44. The van der Waals surface area contributed by atoms with E-state index in [2.05, 4.69) is 9.64 Å². The highest BCUT2D eigenvalue weighted by Crippen LogP contribution is 2.22. The van der Waals surface area contributed by atoms with Gasteiger partial charge in [0.25, 0.3) is 5.56 Å². The van der Waals surface area contributed by atoms with Crippen molar-refractivity contribution >= 4 is 34.0 Å². The lowest BCUT2D eigenvalue weighted by Gasteiger charge is -2.31. The first-order valence-corrected chi connectivity index (χ1v) is 12.1. The van der Waals surface area contributed by atoms with E-state index in [0.29, 0.717) is 48.9 Å². The number of esters is 1. The Hall–Kier alpha value is -3.11. The largest absolute Gasteiger partial charge is 0.469 e. The van der Waals surface area contributed by atoms with Gasteiger partial charge in [0, 0.05) is 41.9 Å². The highest BCUT2D eigenvalue weighted by Gasteiger charge is 2.26. The number of aromatic nitrogens is 2. The van der Waals surface area contributed by atoms with Crippen LogP contribution in [0.3, 0.4) is 0 Å². The van der Waals surface area contributed by atoms with Crippen LogP contribution in [0, 0.1) is 11.7 Å². The van der Waals surface area contributed by atoms with Crippen molar-refractivity contribution < 1.29 is 18.7 Å². The number of likely N-dealkylation sites (tertiary alicyclic amines) is 1. The number of halogens is 1. The maximum absolute atomic E-state index is 13.1. The molecule has 3 aromatic rings. The van der Waals surface area contributed by atoms with Crippen molar-refractivity contribution in [3.63, 3.8) is 0 Å². The van der Waals surface area contributed by atoms with Crippen LogP contribution in [-0.4, -0.2) is 52.5 Å². The number of rotatable bonds is 8. The van der Waals surface area contributed by atoms with E-state index in [0.717, 1.165) is 0 Å². The molecule has 0 radical (unpaired) electrons. The summed E-state index contributed by atoms with van der Waals surface area (Å²) in [4.78, 5) is 52.4. The first kappa shape index (κ1) is 24.0. The zero-order chi connectivity index (χ0) is 24.2. The number of piperidine rings is 1. The van der Waals surface area contributed by atoms with Gasteiger partial charge in [-0.2, -0.15) is 0 Å². The first-order valence-electron chi connectivity index (χ1n) is 11.2. The minimum Gasteiger partial charge on any atom is -0.469 e. The SMILES string of the molecule is COC(=O)CCn1c(=O)n(CCN2CCC(C(=O)c3ccc(F)cc3)CC2)c(=O)c2cscc21. The summed E-state index contributed by atoms with van der Waals surface area (Å²) in [7, 11) is 1.29. The average molecular weight is 488 g/mol. The number of ketones is 1. The van der Waals surface area contributed by atoms with Crippen LogP contribution in [0.1, 0.15) is 29.6 Å². The van der Waals surface area contributed by atoms with E-state index in [9.17, 15) is 23.6 Å². The summed E-state index contributed by atoms with van der Waals surface area (Å²) in [5, 5.41) is 3.91. The van der Waals surface area contributed by atoms with Crippen LogP contribution in [0.4, 0.5) is 4.39 Å². The molecule has 3 heterocycles. The predicted octanol–water partition coefficient (Wildman–Crippen LogP) is 2.52. The smallest absolute Gasteiger partial charge is 0.331 e. The molecule has 0 aliphatic carbocycles. The van der Waals surface area contributed by atoms with E-state index in [1.807, 2.05) is 0 Å². The number of hydrogen-bond acceptors (Lipinski definition) is 7. The number of hydrogen-bond donors (Lipinski definition) is 0. The van der Waals surface area contributed by atoms with E-state index in [-0.39, 0.29) is 42.6 Å². The van der Waals surface area contributed by atoms with Crippen molar-refractivity contribution in [3.8, 4) is 0 Å². The number of methoxy groups -OCH3 is 1. The number of benzene rings is 1. The third-order valence-electron chi connectivity index (χ3n) is 6.36. The van der Waals surface area contributed by atoms with Gasteiger partial charge in [-0.05, 0) is 50.2 Å². The lowest BCUT2D eigenvalue weighted by atomic mass is 9.89. The van der Waals surface area contributed by atoms with Crippen molar-refractivity contribution in [2.45, 2.75) is 32.4 Å². The number of aryl methyl sites for hydroxylation is 1. The standard InChI is InChI=1S/C24H26FN3O5S/c1-33-21(29)8-11-27-20-15-34-14-19(20)23(31)28(24(27)32)13-12-26-9-6-17(7-10-26)22(30)16-2-4-18(25)5-3-16/h2-5,14-15,17H,6-13H2,1H3. The molecule has 2 aromatic heterocycles. The number of nitrogens with zero attached hydrogens (tertiary/aromatic N) is 3. The molecule has 1 aromatic carbocycles. The second-order valence-electron chi connectivity index (χ2n) is 8.37. The lowest BCUT2D eigenvalue weighted by molar-refractivity contribution is -0.140. The molecule has 1 fully saturated rings. The van der Waals surface area contributed by atoms with Crippen LogP contribution < -0.4 is 11.2 Å². The summed E-state index contributed by atoms with van der Waals surface area (Å²) in [6.07, 6.45) is 1.37. The molecule has 1 aliphatic rings. The second-order valence-corrected chi connectivity index (χ2v) is 9.12. The molecule has 0 saturated carbocycles. The van der Waals surface area contributed by atoms with Crippen molar-refractivity contribution in [1.82, 2.24) is 14.0 Å². The van der Waals surface area contributed by atoms with Gasteiger partial charge in [-0.3, -0.25) is 23.5 Å². The molecule has 180 valence electrons. The molecule has 0 atom stereocenters. The maximum Gasteiger partial charge on any atom is 0.331 e. The molecule has 34 heavy (non-hydrogen) atoms. The van der Waals surface area contributed by atoms with Gasteiger partial charge >= 0.3 is 11.7 Å². The molecule has 8 nitrogen and oxygen atoms in total. The van der Waals surface area contributed by atoms with Crippen molar-refractivity contribution in [1.29, 1.82) is 0 Å². The van der Waals surface area contributed by atoms with Crippen molar-refractivity contribution in [2.75, 3.05) is 26.7 Å². The highest BCUT2D eigenvalue weighted by atomic mass is 32.1. The van der Waals surface area contributed by atoms with E-state index in [1.165, 1.54) is 51.8 Å². The van der Waals surface area contributed by atoms with Gasteiger partial charge < -0.3 is 9.64 Å². The summed E-state index contributed by atoms with van der Waals surface area (Å²) in [6.45, 7) is 2.20. The Bertz CT molecular complexity index is 1300. The van der Waals surface area contributed by atoms with Gasteiger partial charge in [0.15, 0.2) is 5.78 Å². The van der Waals surface area contributed by atoms with Crippen LogP contribution in [-0.2, 0) is 22.6 Å². The molecule has 0 N–H and O–H groups in total. The highest BCUT2D eigenvalue weighted by molar-refractivity contribution is 7.09. The molecule has 1 saturated heterocycles. The molecule has 0 bridgehead atoms. The zero-order valence-electron chi connectivity index (χ0n) is 18.9. The van der Waals surface area contributed by atoms with E-state index >= 15 is 0 Å². The van der Waals surface area contributed by atoms with E-state index < -0.39 is 11.7 Å². The summed E-state index contributed by atoms with van der Waals surface area (Å²) in [6, 6.07) is 5.62. The first-order chi connectivity index (χ1) is 16.4. The molecule has 1 aliphatic heterocycles. The Morgan fingerprint density at radius 3 is 2.41 bits per heavy atom. The van der Waals surface area contributed by atoms with Crippen LogP contribution >= 0.6 is 11.3 Å². The quantitative estimate of drug-likeness (QED) is 0.358. The van der Waals surface area contributed by atoms with Gasteiger partial charge in [0.1, 0.15) is 5.82 Å². The third kappa shape index (κ3) is 5.02. The predicted molar refractivity (Wildman–Crippen MR) is 127 cm³/mol. The van der Waals surface area contributed by atoms with Crippen molar-refractivity contribution in [2.24, 2.45) is 5.92 Å². The Morgan fingerprint density at radius 1 is 1.03 bits per heavy atom. The molecular formula is C24H26FN3O5S. The number of Topliss-reactive ketones (excluding diaryl/α,β-unsaturated/α-hetero) is 1. The molecule has 0 unspecified atom stereocenters. The topological polar surface area (TPSA) is 90.6 Å². The fraction of sp³-hybridized carbons (Fsp3) is 0.417. The zero-order valence-corrected chi connectivity index (χ0v) is 19.7. The number of fused-ring (bicyclic) bond motifs is 1. The minimum atomic E-state index is -0.443. The third-order valence-corrected chi connectivity index (χ3v) is 7.09. The number of carbonyl (C=O) groups is 2. The summed E-state index contributed by atoms with van der Waals surface area (Å²) in [5.74, 6) is -0.896. The Labute approximate surface area is 199 Å². The molecule has 0 amide bonds. The summed E-state index contributed by atoms with van der Waals surface area (Å²) in [5.41, 5.74) is 0.265. The molecule has 0 spiro atoms. The summed E-state index contributed by atoms with van der Waals surface area (Å²) < 4.78 is 20.5. The van der Waals surface area contributed by atoms with Crippen molar-refractivity contribution in [3.05, 3.63) is 67.2 Å². The van der Waals surface area contributed by atoms with Gasteiger partial charge in [-0.25, -0.2) is 9.18 Å². The van der Waals surface area contributed by atoms with E-state index in [1.54, 1.807) is 10.8 Å². The van der Waals surface area contributed by atoms with Crippen LogP contribution in [0.2, 0.25) is 0 Å².